The number of carbonyl (C=O) groups is 1. The molecule has 11 nitrogen and oxygen atoms in total. The van der Waals surface area contributed by atoms with Gasteiger partial charge in [-0.25, -0.2) is 9.67 Å². The number of carboxylic acid groups (broad SMARTS) is 1. The van der Waals surface area contributed by atoms with E-state index in [1.807, 2.05) is 26.1 Å². The van der Waals surface area contributed by atoms with Crippen molar-refractivity contribution in [2.24, 2.45) is 18.9 Å². The summed E-state index contributed by atoms with van der Waals surface area (Å²) >= 11 is 0. The number of aliphatic carboxylic acids is 1. The van der Waals surface area contributed by atoms with Crippen LogP contribution >= 0.6 is 0 Å². The molecule has 0 spiro atoms. The minimum Gasteiger partial charge on any atom is -0.489 e. The predicted molar refractivity (Wildman–Crippen MR) is 118 cm³/mol. The van der Waals surface area contributed by atoms with Crippen LogP contribution in [0.3, 0.4) is 0 Å². The molecule has 3 heterocycles. The van der Waals surface area contributed by atoms with Gasteiger partial charge in [0.25, 0.3) is 0 Å². The Kier molecular flexibility index (Phi) is 6.66. The minimum atomic E-state index is -0.748. The van der Waals surface area contributed by atoms with Crippen molar-refractivity contribution >= 4 is 5.97 Å². The van der Waals surface area contributed by atoms with E-state index in [4.69, 9.17) is 9.72 Å². The van der Waals surface area contributed by atoms with E-state index in [0.717, 1.165) is 30.7 Å². The predicted octanol–water partition coefficient (Wildman–Crippen LogP) is 2.44. The molecule has 3 aromatic heterocycles. The Morgan fingerprint density at radius 3 is 2.79 bits per heavy atom. The molecule has 3 aromatic rings. The number of ether oxygens (including phenoxy) is 1. The van der Waals surface area contributed by atoms with Crippen molar-refractivity contribution in [3.8, 4) is 17.1 Å². The number of aromatic nitrogens is 8. The summed E-state index contributed by atoms with van der Waals surface area (Å²) in [6, 6.07) is 3.72. The summed E-state index contributed by atoms with van der Waals surface area (Å²) in [5.74, 6) is 0.737. The third-order valence-corrected chi connectivity index (χ3v) is 5.87. The number of hydrogen-bond donors (Lipinski definition) is 1. The van der Waals surface area contributed by atoms with Crippen LogP contribution < -0.4 is 4.74 Å². The molecule has 0 aromatic carbocycles. The van der Waals surface area contributed by atoms with Crippen LogP contribution in [0.15, 0.2) is 12.1 Å². The summed E-state index contributed by atoms with van der Waals surface area (Å²) in [6.07, 6.45) is 3.59. The molecule has 33 heavy (non-hydrogen) atoms. The Hall–Kier alpha value is -3.37. The number of tetrazole rings is 1. The summed E-state index contributed by atoms with van der Waals surface area (Å²) in [6.45, 7) is 6.49. The van der Waals surface area contributed by atoms with E-state index in [1.165, 1.54) is 0 Å². The SMILES string of the molecule is Cc1nc(-c2nnn(C)c2Cn2nnc(CC(C)C)n2)ccc1O[C@H]1CCC[C@H](C(=O)O)C1. The van der Waals surface area contributed by atoms with Gasteiger partial charge in [0.1, 0.15) is 18.0 Å². The van der Waals surface area contributed by atoms with Crippen LogP contribution in [0.1, 0.15) is 56.7 Å². The van der Waals surface area contributed by atoms with Crippen LogP contribution in [-0.4, -0.2) is 57.4 Å². The maximum Gasteiger partial charge on any atom is 0.306 e. The molecule has 0 saturated heterocycles. The maximum absolute atomic E-state index is 11.3. The number of nitrogens with zero attached hydrogens (tertiary/aromatic N) is 8. The zero-order valence-electron chi connectivity index (χ0n) is 19.5. The van der Waals surface area contributed by atoms with Crippen LogP contribution in [0.5, 0.6) is 5.75 Å². The summed E-state index contributed by atoms with van der Waals surface area (Å²) in [7, 11) is 1.82. The topological polar surface area (TPSA) is 134 Å². The Labute approximate surface area is 192 Å². The third-order valence-electron chi connectivity index (χ3n) is 5.87. The molecule has 11 heteroatoms. The lowest BCUT2D eigenvalue weighted by Gasteiger charge is -2.27. The van der Waals surface area contributed by atoms with Gasteiger partial charge in [-0.2, -0.15) is 4.80 Å². The Bertz CT molecular complexity index is 1120. The molecule has 0 bridgehead atoms. The van der Waals surface area contributed by atoms with Crippen LogP contribution in [0.2, 0.25) is 0 Å². The molecular weight excluding hydrogens is 424 g/mol. The van der Waals surface area contributed by atoms with Crippen molar-refractivity contribution in [2.45, 2.75) is 65.5 Å². The van der Waals surface area contributed by atoms with Gasteiger partial charge >= 0.3 is 5.97 Å². The molecule has 0 unspecified atom stereocenters. The second kappa shape index (κ2) is 9.63. The highest BCUT2D eigenvalue weighted by molar-refractivity contribution is 5.70. The van der Waals surface area contributed by atoms with Crippen molar-refractivity contribution in [2.75, 3.05) is 0 Å². The summed E-state index contributed by atoms with van der Waals surface area (Å²) in [4.78, 5) is 17.6. The van der Waals surface area contributed by atoms with Crippen LogP contribution in [0.4, 0.5) is 0 Å². The standard InChI is InChI=1S/C22H30N8O3/c1-13(2)10-20-24-28-30(26-20)12-18-21(25-27-29(18)4)17-8-9-19(14(3)23-17)33-16-7-5-6-15(11-16)22(31)32/h8-9,13,15-16H,5-7,10-12H2,1-4H3,(H,31,32)/t15-,16-/m0/s1. The maximum atomic E-state index is 11.3. The molecule has 0 radical (unpaired) electrons. The lowest BCUT2D eigenvalue weighted by molar-refractivity contribution is -0.143. The quantitative estimate of drug-likeness (QED) is 0.544. The lowest BCUT2D eigenvalue weighted by atomic mass is 9.87. The number of pyridine rings is 1. The summed E-state index contributed by atoms with van der Waals surface area (Å²) in [5, 5.41) is 30.5. The molecule has 4 rings (SSSR count). The number of rotatable bonds is 8. The Balaban J connectivity index is 1.50. The average Bonchev–Trinajstić information content (AvgIpc) is 3.36. The van der Waals surface area contributed by atoms with Crippen molar-refractivity contribution in [3.63, 3.8) is 0 Å². The van der Waals surface area contributed by atoms with Gasteiger partial charge in [0, 0.05) is 13.5 Å². The first-order valence-electron chi connectivity index (χ1n) is 11.3. The fourth-order valence-electron chi connectivity index (χ4n) is 4.14. The highest BCUT2D eigenvalue weighted by Gasteiger charge is 2.28. The van der Waals surface area contributed by atoms with Gasteiger partial charge in [-0.05, 0) is 55.9 Å². The van der Waals surface area contributed by atoms with Crippen molar-refractivity contribution in [1.29, 1.82) is 0 Å². The van der Waals surface area contributed by atoms with Crippen molar-refractivity contribution in [1.82, 2.24) is 40.2 Å². The molecule has 1 aliphatic rings. The van der Waals surface area contributed by atoms with E-state index < -0.39 is 5.97 Å². The first-order chi connectivity index (χ1) is 15.8. The summed E-state index contributed by atoms with van der Waals surface area (Å²) < 4.78 is 7.81. The van der Waals surface area contributed by atoms with E-state index in [0.29, 0.717) is 48.3 Å². The highest BCUT2D eigenvalue weighted by atomic mass is 16.5. The molecular formula is C22H30N8O3. The van der Waals surface area contributed by atoms with Gasteiger partial charge in [0.15, 0.2) is 5.82 Å². The van der Waals surface area contributed by atoms with Crippen LogP contribution in [0.25, 0.3) is 11.4 Å². The monoisotopic (exact) mass is 454 g/mol. The van der Waals surface area contributed by atoms with Gasteiger partial charge in [-0.3, -0.25) is 4.79 Å². The minimum absolute atomic E-state index is 0.114. The Morgan fingerprint density at radius 1 is 1.24 bits per heavy atom. The van der Waals surface area contributed by atoms with E-state index in [1.54, 1.807) is 9.48 Å². The van der Waals surface area contributed by atoms with E-state index in [9.17, 15) is 9.90 Å². The molecule has 1 N–H and O–H groups in total. The van der Waals surface area contributed by atoms with E-state index in [-0.39, 0.29) is 12.0 Å². The highest BCUT2D eigenvalue weighted by Crippen LogP contribution is 2.30. The zero-order valence-corrected chi connectivity index (χ0v) is 19.5. The molecule has 1 saturated carbocycles. The first-order valence-corrected chi connectivity index (χ1v) is 11.3. The fraction of sp³-hybridized carbons (Fsp3) is 0.591. The first kappa shape index (κ1) is 22.8. The molecule has 0 amide bonds. The van der Waals surface area contributed by atoms with Gasteiger partial charge in [-0.15, -0.1) is 15.3 Å². The average molecular weight is 455 g/mol. The Morgan fingerprint density at radius 2 is 2.06 bits per heavy atom. The van der Waals surface area contributed by atoms with E-state index >= 15 is 0 Å². The summed E-state index contributed by atoms with van der Waals surface area (Å²) in [5.41, 5.74) is 2.87. The number of aryl methyl sites for hydroxylation is 2. The number of carboxylic acids is 1. The van der Waals surface area contributed by atoms with Gasteiger partial charge in [0.2, 0.25) is 0 Å². The second-order valence-corrected chi connectivity index (χ2v) is 9.06. The molecule has 0 aliphatic heterocycles. The normalized spacial score (nSPS) is 18.6. The fourth-order valence-corrected chi connectivity index (χ4v) is 4.14. The van der Waals surface area contributed by atoms with Gasteiger partial charge in [0.05, 0.1) is 29.1 Å². The van der Waals surface area contributed by atoms with E-state index in [2.05, 4.69) is 39.6 Å². The molecule has 176 valence electrons. The van der Waals surface area contributed by atoms with Crippen LogP contribution in [-0.2, 0) is 24.8 Å². The largest absolute Gasteiger partial charge is 0.489 e. The van der Waals surface area contributed by atoms with Gasteiger partial charge < -0.3 is 9.84 Å². The van der Waals surface area contributed by atoms with Crippen molar-refractivity contribution < 1.29 is 14.6 Å². The van der Waals surface area contributed by atoms with Crippen LogP contribution in [0, 0.1) is 18.8 Å². The third kappa shape index (κ3) is 5.35. The number of hydrogen-bond acceptors (Lipinski definition) is 8. The van der Waals surface area contributed by atoms with Gasteiger partial charge in [-0.1, -0.05) is 19.1 Å². The lowest BCUT2D eigenvalue weighted by Crippen LogP contribution is -2.29. The smallest absolute Gasteiger partial charge is 0.306 e. The molecule has 1 fully saturated rings. The molecule has 1 aliphatic carbocycles. The second-order valence-electron chi connectivity index (χ2n) is 9.06. The zero-order chi connectivity index (χ0) is 23.5. The molecule has 2 atom stereocenters. The van der Waals surface area contributed by atoms with Crippen molar-refractivity contribution in [3.05, 3.63) is 29.3 Å².